The van der Waals surface area contributed by atoms with Gasteiger partial charge in [0, 0.05) is 0 Å². The zero-order valence-corrected chi connectivity index (χ0v) is 10.1. The van der Waals surface area contributed by atoms with E-state index in [2.05, 4.69) is 11.3 Å². The van der Waals surface area contributed by atoms with Crippen LogP contribution >= 0.6 is 11.3 Å². The zero-order chi connectivity index (χ0) is 15.8. The van der Waals surface area contributed by atoms with Crippen molar-refractivity contribution >= 4 is 17.3 Å². The first-order valence-corrected chi connectivity index (χ1v) is 5.56. The van der Waals surface area contributed by atoms with Crippen molar-refractivity contribution in [3.63, 3.8) is 0 Å². The first kappa shape index (κ1) is 16.5. The SMILES string of the molecule is C=C(F)C(=O)OC(c1cccs1)(C(F)(F)F)C(F)(F)F. The second kappa shape index (κ2) is 5.08. The molecule has 2 nitrogen and oxygen atoms in total. The van der Waals surface area contributed by atoms with E-state index in [4.69, 9.17) is 0 Å². The molecule has 0 aromatic carbocycles. The van der Waals surface area contributed by atoms with E-state index < -0.39 is 34.6 Å². The van der Waals surface area contributed by atoms with Crippen molar-refractivity contribution in [3.05, 3.63) is 34.8 Å². The second-order valence-electron chi connectivity index (χ2n) is 3.45. The standard InChI is InChI=1S/C10H5F7O2S/c1-5(11)7(18)19-8(9(12,13)14,10(15,16)17)6-3-2-4-20-6/h2-4H,1H2. The van der Waals surface area contributed by atoms with Crippen LogP contribution < -0.4 is 0 Å². The van der Waals surface area contributed by atoms with Gasteiger partial charge in [-0.15, -0.1) is 11.3 Å². The number of halogens is 7. The Morgan fingerprint density at radius 3 is 1.95 bits per heavy atom. The van der Waals surface area contributed by atoms with Crippen molar-refractivity contribution < 1.29 is 40.3 Å². The minimum absolute atomic E-state index is 0.0680. The van der Waals surface area contributed by atoms with Gasteiger partial charge in [0.15, 0.2) is 0 Å². The van der Waals surface area contributed by atoms with E-state index >= 15 is 0 Å². The maximum Gasteiger partial charge on any atom is 0.443 e. The van der Waals surface area contributed by atoms with Gasteiger partial charge in [0.2, 0.25) is 5.83 Å². The van der Waals surface area contributed by atoms with Crippen LogP contribution in [0.5, 0.6) is 0 Å². The van der Waals surface area contributed by atoms with E-state index in [1.807, 2.05) is 0 Å². The van der Waals surface area contributed by atoms with Crippen LogP contribution in [-0.4, -0.2) is 18.3 Å². The molecule has 0 N–H and O–H groups in total. The Hall–Kier alpha value is -1.58. The predicted octanol–water partition coefficient (Wildman–Crippen LogP) is 4.09. The molecule has 0 radical (unpaired) electrons. The van der Waals surface area contributed by atoms with Gasteiger partial charge >= 0.3 is 23.9 Å². The van der Waals surface area contributed by atoms with Crippen molar-refractivity contribution in [2.45, 2.75) is 18.0 Å². The molecule has 0 saturated heterocycles. The van der Waals surface area contributed by atoms with Crippen molar-refractivity contribution in [1.82, 2.24) is 0 Å². The molecular formula is C10H5F7O2S. The fraction of sp³-hybridized carbons (Fsp3) is 0.300. The summed E-state index contributed by atoms with van der Waals surface area (Å²) < 4.78 is 93.4. The summed E-state index contributed by atoms with van der Waals surface area (Å²) in [6.07, 6.45) is -12.1. The van der Waals surface area contributed by atoms with E-state index in [0.29, 0.717) is 6.07 Å². The lowest BCUT2D eigenvalue weighted by atomic mass is 10.00. The van der Waals surface area contributed by atoms with Crippen LogP contribution in [0.25, 0.3) is 0 Å². The van der Waals surface area contributed by atoms with Crippen LogP contribution in [0.1, 0.15) is 4.88 Å². The number of rotatable bonds is 3. The molecule has 1 heterocycles. The van der Waals surface area contributed by atoms with Crippen LogP contribution in [0, 0.1) is 0 Å². The van der Waals surface area contributed by atoms with Gasteiger partial charge in [-0.3, -0.25) is 0 Å². The molecule has 1 aromatic heterocycles. The predicted molar refractivity (Wildman–Crippen MR) is 54.4 cm³/mol. The average Bonchev–Trinajstić information content (AvgIpc) is 2.74. The Labute approximate surface area is 111 Å². The highest BCUT2D eigenvalue weighted by Crippen LogP contribution is 2.54. The topological polar surface area (TPSA) is 26.3 Å². The lowest BCUT2D eigenvalue weighted by Crippen LogP contribution is -2.56. The van der Waals surface area contributed by atoms with Gasteiger partial charge in [0.05, 0.1) is 4.88 Å². The molecule has 0 unspecified atom stereocenters. The number of carbonyl (C=O) groups excluding carboxylic acids is 1. The summed E-state index contributed by atoms with van der Waals surface area (Å²) in [6.45, 7) is 2.31. The molecule has 0 amide bonds. The summed E-state index contributed by atoms with van der Waals surface area (Å²) in [6, 6.07) is 1.39. The molecule has 1 rings (SSSR count). The summed E-state index contributed by atoms with van der Waals surface area (Å²) in [4.78, 5) is 9.51. The number of alkyl halides is 6. The van der Waals surface area contributed by atoms with Crippen LogP contribution in [0.4, 0.5) is 30.7 Å². The Kier molecular flexibility index (Phi) is 4.18. The molecule has 0 spiro atoms. The van der Waals surface area contributed by atoms with E-state index in [0.717, 1.165) is 11.4 Å². The Balaban J connectivity index is 3.52. The van der Waals surface area contributed by atoms with Gasteiger partial charge in [-0.05, 0) is 11.4 Å². The number of esters is 1. The van der Waals surface area contributed by atoms with Gasteiger partial charge in [0.25, 0.3) is 0 Å². The third-order valence-corrected chi connectivity index (χ3v) is 3.10. The van der Waals surface area contributed by atoms with Crippen molar-refractivity contribution in [3.8, 4) is 0 Å². The monoisotopic (exact) mass is 322 g/mol. The highest BCUT2D eigenvalue weighted by atomic mass is 32.1. The highest BCUT2D eigenvalue weighted by Gasteiger charge is 2.76. The van der Waals surface area contributed by atoms with Gasteiger partial charge in [-0.1, -0.05) is 12.6 Å². The zero-order valence-electron chi connectivity index (χ0n) is 9.31. The molecule has 112 valence electrons. The molecule has 20 heavy (non-hydrogen) atoms. The number of ether oxygens (including phenoxy) is 1. The lowest BCUT2D eigenvalue weighted by Gasteiger charge is -2.35. The fourth-order valence-electron chi connectivity index (χ4n) is 1.28. The molecule has 0 aliphatic rings. The summed E-state index contributed by atoms with van der Waals surface area (Å²) in [5.41, 5.74) is -4.93. The lowest BCUT2D eigenvalue weighted by molar-refractivity contribution is -0.375. The first-order valence-electron chi connectivity index (χ1n) is 4.68. The van der Waals surface area contributed by atoms with E-state index in [1.165, 1.54) is 0 Å². The van der Waals surface area contributed by atoms with Crippen molar-refractivity contribution in [1.29, 1.82) is 0 Å². The Morgan fingerprint density at radius 1 is 1.15 bits per heavy atom. The molecular weight excluding hydrogens is 317 g/mol. The average molecular weight is 322 g/mol. The van der Waals surface area contributed by atoms with Crippen molar-refractivity contribution in [2.24, 2.45) is 0 Å². The molecule has 0 saturated carbocycles. The quantitative estimate of drug-likeness (QED) is 0.476. The number of hydrogen-bond donors (Lipinski definition) is 0. The molecule has 0 atom stereocenters. The maximum absolute atomic E-state index is 12.9. The van der Waals surface area contributed by atoms with Crippen LogP contribution in [0.2, 0.25) is 0 Å². The second-order valence-corrected chi connectivity index (χ2v) is 4.40. The minimum Gasteiger partial charge on any atom is -0.428 e. The third-order valence-electron chi connectivity index (χ3n) is 2.13. The molecule has 1 aromatic rings. The minimum atomic E-state index is -6.03. The number of carbonyl (C=O) groups is 1. The summed E-state index contributed by atoms with van der Waals surface area (Å²) >= 11 is 0.0680. The molecule has 0 bridgehead atoms. The normalized spacial score (nSPS) is 13.2. The third kappa shape index (κ3) is 2.65. The molecule has 0 aliphatic carbocycles. The molecule has 10 heteroatoms. The van der Waals surface area contributed by atoms with E-state index in [1.54, 1.807) is 0 Å². The van der Waals surface area contributed by atoms with Crippen molar-refractivity contribution in [2.75, 3.05) is 0 Å². The summed E-state index contributed by atoms with van der Waals surface area (Å²) in [5, 5.41) is 0.930. The highest BCUT2D eigenvalue weighted by molar-refractivity contribution is 7.10. The smallest absolute Gasteiger partial charge is 0.428 e. The summed E-state index contributed by atoms with van der Waals surface area (Å²) in [7, 11) is 0. The first-order chi connectivity index (χ1) is 8.93. The van der Waals surface area contributed by atoms with Crippen LogP contribution in [0.3, 0.4) is 0 Å². The number of hydrogen-bond acceptors (Lipinski definition) is 3. The number of thiophene rings is 1. The van der Waals surface area contributed by atoms with E-state index in [-0.39, 0.29) is 11.3 Å². The van der Waals surface area contributed by atoms with Crippen LogP contribution in [0.15, 0.2) is 29.9 Å². The maximum atomic E-state index is 12.9. The van der Waals surface area contributed by atoms with Gasteiger partial charge < -0.3 is 4.74 Å². The Bertz CT molecular complexity index is 487. The molecule has 0 fully saturated rings. The summed E-state index contributed by atoms with van der Waals surface area (Å²) in [5.74, 6) is -4.51. The largest absolute Gasteiger partial charge is 0.443 e. The van der Waals surface area contributed by atoms with E-state index in [9.17, 15) is 35.5 Å². The Morgan fingerprint density at radius 2 is 1.65 bits per heavy atom. The van der Waals surface area contributed by atoms with Gasteiger partial charge in [-0.2, -0.15) is 30.7 Å². The van der Waals surface area contributed by atoms with Crippen LogP contribution in [-0.2, 0) is 15.1 Å². The fourth-order valence-corrected chi connectivity index (χ4v) is 2.18. The van der Waals surface area contributed by atoms with Gasteiger partial charge in [0.1, 0.15) is 0 Å². The van der Waals surface area contributed by atoms with Gasteiger partial charge in [-0.25, -0.2) is 4.79 Å². The molecule has 0 aliphatic heterocycles.